The summed E-state index contributed by atoms with van der Waals surface area (Å²) >= 11 is 0. The van der Waals surface area contributed by atoms with Crippen LogP contribution in [0.5, 0.6) is 0 Å². The number of nitrogens with zero attached hydrogens (tertiary/aromatic N) is 2. The molecule has 0 saturated carbocycles. The maximum atomic E-state index is 12.6. The van der Waals surface area contributed by atoms with Crippen LogP contribution in [0.2, 0.25) is 0 Å². The highest BCUT2D eigenvalue weighted by molar-refractivity contribution is 5.97. The van der Waals surface area contributed by atoms with E-state index in [4.69, 9.17) is 5.11 Å². The lowest BCUT2D eigenvalue weighted by Crippen LogP contribution is -2.42. The van der Waals surface area contributed by atoms with Gasteiger partial charge in [0.1, 0.15) is 6.04 Å². The van der Waals surface area contributed by atoms with E-state index >= 15 is 0 Å². The summed E-state index contributed by atoms with van der Waals surface area (Å²) in [7, 11) is 0. The predicted octanol–water partition coefficient (Wildman–Crippen LogP) is 2.73. The van der Waals surface area contributed by atoms with Crippen molar-refractivity contribution in [2.45, 2.75) is 25.1 Å². The van der Waals surface area contributed by atoms with E-state index in [0.29, 0.717) is 0 Å². The summed E-state index contributed by atoms with van der Waals surface area (Å²) in [5.74, 6) is -2.58. The second-order valence-corrected chi connectivity index (χ2v) is 5.18. The molecular formula is C15H12F5N3O3. The zero-order valence-electron chi connectivity index (χ0n) is 12.9. The van der Waals surface area contributed by atoms with Gasteiger partial charge in [-0.05, 0) is 24.3 Å². The topological polar surface area (TPSA) is 84.2 Å². The molecule has 11 heteroatoms. The average molecular weight is 377 g/mol. The van der Waals surface area contributed by atoms with Crippen LogP contribution in [-0.4, -0.2) is 39.2 Å². The number of amides is 1. The van der Waals surface area contributed by atoms with Crippen LogP contribution in [0.25, 0.3) is 5.69 Å². The number of aromatic nitrogens is 2. The van der Waals surface area contributed by atoms with Gasteiger partial charge in [0, 0.05) is 18.2 Å². The molecule has 1 aromatic carbocycles. The fourth-order valence-corrected chi connectivity index (χ4v) is 2.05. The minimum atomic E-state index is -4.63. The Morgan fingerprint density at radius 2 is 1.92 bits per heavy atom. The average Bonchev–Trinajstić information content (AvgIpc) is 3.04. The molecular weight excluding hydrogens is 365 g/mol. The van der Waals surface area contributed by atoms with Crippen LogP contribution in [-0.2, 0) is 11.0 Å². The van der Waals surface area contributed by atoms with Gasteiger partial charge in [0.25, 0.3) is 5.91 Å². The number of halogens is 5. The molecule has 0 aliphatic carbocycles. The van der Waals surface area contributed by atoms with E-state index in [0.717, 1.165) is 23.0 Å². The van der Waals surface area contributed by atoms with Gasteiger partial charge in [-0.15, -0.1) is 0 Å². The molecule has 0 spiro atoms. The van der Waals surface area contributed by atoms with Crippen LogP contribution in [0.3, 0.4) is 0 Å². The number of hydrogen-bond acceptors (Lipinski definition) is 3. The van der Waals surface area contributed by atoms with Crippen molar-refractivity contribution in [1.82, 2.24) is 15.1 Å². The van der Waals surface area contributed by atoms with Crippen molar-refractivity contribution >= 4 is 11.9 Å². The Morgan fingerprint density at radius 3 is 2.46 bits per heavy atom. The van der Waals surface area contributed by atoms with Gasteiger partial charge in [0.15, 0.2) is 5.69 Å². The number of carboxylic acid groups (broad SMARTS) is 1. The summed E-state index contributed by atoms with van der Waals surface area (Å²) in [4.78, 5) is 23.0. The molecule has 0 aliphatic heterocycles. The van der Waals surface area contributed by atoms with E-state index in [1.54, 1.807) is 0 Å². The van der Waals surface area contributed by atoms with Crippen molar-refractivity contribution in [1.29, 1.82) is 0 Å². The van der Waals surface area contributed by atoms with Crippen LogP contribution >= 0.6 is 0 Å². The minimum absolute atomic E-state index is 0.105. The highest BCUT2D eigenvalue weighted by atomic mass is 19.4. The Kier molecular flexibility index (Phi) is 5.58. The number of nitrogens with one attached hydrogen (secondary N) is 1. The summed E-state index contributed by atoms with van der Waals surface area (Å²) < 4.78 is 63.4. The predicted molar refractivity (Wildman–Crippen MR) is 78.1 cm³/mol. The summed E-state index contributed by atoms with van der Waals surface area (Å²) in [5, 5.41) is 14.2. The fraction of sp³-hybridized carbons (Fsp3) is 0.267. The Bertz CT molecular complexity index is 804. The molecule has 0 bridgehead atoms. The Balaban J connectivity index is 2.21. The van der Waals surface area contributed by atoms with E-state index in [-0.39, 0.29) is 11.3 Å². The first-order valence-electron chi connectivity index (χ1n) is 7.13. The molecule has 2 aromatic rings. The van der Waals surface area contributed by atoms with Gasteiger partial charge in [-0.2, -0.15) is 18.3 Å². The zero-order valence-corrected chi connectivity index (χ0v) is 12.9. The van der Waals surface area contributed by atoms with E-state index in [1.807, 2.05) is 5.32 Å². The number of carbonyl (C=O) groups excluding carboxylic acids is 1. The highest BCUT2D eigenvalue weighted by Crippen LogP contribution is 2.27. The Labute approximate surface area is 143 Å². The number of benzene rings is 1. The fourth-order valence-electron chi connectivity index (χ4n) is 2.05. The molecule has 26 heavy (non-hydrogen) atoms. The number of aliphatic carboxylic acids is 1. The number of carbonyl (C=O) groups is 2. The molecule has 6 nitrogen and oxygen atoms in total. The lowest BCUT2D eigenvalue weighted by Gasteiger charge is -2.14. The van der Waals surface area contributed by atoms with Crippen LogP contribution in [0.1, 0.15) is 22.5 Å². The SMILES string of the molecule is O=C(N[C@@H](CC(F)F)C(=O)O)c1cccc(-n2ccc(C(F)(F)F)n2)c1. The Morgan fingerprint density at radius 1 is 1.23 bits per heavy atom. The van der Waals surface area contributed by atoms with Crippen molar-refractivity contribution in [3.05, 3.63) is 47.8 Å². The van der Waals surface area contributed by atoms with Crippen molar-refractivity contribution < 1.29 is 36.6 Å². The van der Waals surface area contributed by atoms with Gasteiger partial charge >= 0.3 is 12.1 Å². The first kappa shape index (κ1) is 19.3. The number of carboxylic acids is 1. The highest BCUT2D eigenvalue weighted by Gasteiger charge is 2.33. The lowest BCUT2D eigenvalue weighted by atomic mass is 10.1. The summed E-state index contributed by atoms with van der Waals surface area (Å²) in [6.07, 6.45) is -7.61. The van der Waals surface area contributed by atoms with Crippen molar-refractivity contribution in [2.24, 2.45) is 0 Å². The summed E-state index contributed by atoms with van der Waals surface area (Å²) in [6, 6.07) is 4.07. The third kappa shape index (κ3) is 4.77. The van der Waals surface area contributed by atoms with Crippen LogP contribution < -0.4 is 5.32 Å². The van der Waals surface area contributed by atoms with Crippen molar-refractivity contribution in [2.75, 3.05) is 0 Å². The molecule has 0 fully saturated rings. The normalized spacial score (nSPS) is 12.8. The van der Waals surface area contributed by atoms with Gasteiger partial charge in [0.05, 0.1) is 5.69 Å². The second-order valence-electron chi connectivity index (χ2n) is 5.18. The maximum Gasteiger partial charge on any atom is 0.435 e. The molecule has 1 aromatic heterocycles. The first-order valence-corrected chi connectivity index (χ1v) is 7.13. The largest absolute Gasteiger partial charge is 0.480 e. The van der Waals surface area contributed by atoms with E-state index in [1.165, 1.54) is 18.2 Å². The molecule has 0 unspecified atom stereocenters. The quantitative estimate of drug-likeness (QED) is 0.759. The maximum absolute atomic E-state index is 12.6. The third-order valence-electron chi connectivity index (χ3n) is 3.27. The van der Waals surface area contributed by atoms with Gasteiger partial charge in [-0.1, -0.05) is 6.07 Å². The first-order chi connectivity index (χ1) is 12.1. The monoisotopic (exact) mass is 377 g/mol. The number of hydrogen-bond donors (Lipinski definition) is 2. The third-order valence-corrected chi connectivity index (χ3v) is 3.27. The molecule has 140 valence electrons. The molecule has 1 atom stereocenters. The zero-order chi connectivity index (χ0) is 19.5. The van der Waals surface area contributed by atoms with Gasteiger partial charge in [-0.3, -0.25) is 4.79 Å². The summed E-state index contributed by atoms with van der Waals surface area (Å²) in [5.41, 5.74) is -1.14. The van der Waals surface area contributed by atoms with Crippen LogP contribution in [0.4, 0.5) is 22.0 Å². The molecule has 1 heterocycles. The van der Waals surface area contributed by atoms with E-state index < -0.39 is 42.6 Å². The molecule has 2 N–H and O–H groups in total. The molecule has 0 radical (unpaired) electrons. The molecule has 0 aliphatic rings. The number of alkyl halides is 5. The van der Waals surface area contributed by atoms with Crippen LogP contribution in [0, 0.1) is 0 Å². The minimum Gasteiger partial charge on any atom is -0.480 e. The van der Waals surface area contributed by atoms with Gasteiger partial charge < -0.3 is 10.4 Å². The number of rotatable bonds is 6. The van der Waals surface area contributed by atoms with E-state index in [2.05, 4.69) is 5.10 Å². The molecule has 1 amide bonds. The van der Waals surface area contributed by atoms with E-state index in [9.17, 15) is 31.5 Å². The molecule has 0 saturated heterocycles. The van der Waals surface area contributed by atoms with Crippen LogP contribution in [0.15, 0.2) is 36.5 Å². The van der Waals surface area contributed by atoms with Crippen molar-refractivity contribution in [3.8, 4) is 5.69 Å². The lowest BCUT2D eigenvalue weighted by molar-refractivity contribution is -0.141. The second kappa shape index (κ2) is 7.50. The smallest absolute Gasteiger partial charge is 0.435 e. The molecule has 2 rings (SSSR count). The Hall–Kier alpha value is -2.98. The standard InChI is InChI=1S/C15H12F5N3O3/c16-12(17)7-10(14(25)26)21-13(24)8-2-1-3-9(6-8)23-5-4-11(22-23)15(18,19)20/h1-6,10,12H,7H2,(H,21,24)(H,25,26)/t10-/m0/s1. The summed E-state index contributed by atoms with van der Waals surface area (Å²) in [6.45, 7) is 0. The van der Waals surface area contributed by atoms with Gasteiger partial charge in [0.2, 0.25) is 6.43 Å². The van der Waals surface area contributed by atoms with Crippen molar-refractivity contribution in [3.63, 3.8) is 0 Å². The van der Waals surface area contributed by atoms with Gasteiger partial charge in [-0.25, -0.2) is 18.3 Å².